The minimum Gasteiger partial charge on any atom is -0.497 e. The van der Waals surface area contributed by atoms with Gasteiger partial charge < -0.3 is 15.0 Å². The monoisotopic (exact) mass is 328 g/mol. The average Bonchev–Trinajstić information content (AvgIpc) is 3.09. The molecule has 1 N–H and O–H groups in total. The molecule has 1 saturated carbocycles. The highest BCUT2D eigenvalue weighted by Crippen LogP contribution is 2.52. The van der Waals surface area contributed by atoms with Crippen LogP contribution in [0.25, 0.3) is 0 Å². The summed E-state index contributed by atoms with van der Waals surface area (Å²) in [6, 6.07) is 7.75. The van der Waals surface area contributed by atoms with Crippen molar-refractivity contribution in [2.75, 3.05) is 20.2 Å². The van der Waals surface area contributed by atoms with Gasteiger partial charge in [0.15, 0.2) is 0 Å². The van der Waals surface area contributed by atoms with Crippen molar-refractivity contribution < 1.29 is 14.3 Å². The van der Waals surface area contributed by atoms with E-state index in [-0.39, 0.29) is 29.2 Å². The van der Waals surface area contributed by atoms with Crippen molar-refractivity contribution >= 4 is 11.8 Å². The van der Waals surface area contributed by atoms with E-state index >= 15 is 0 Å². The highest BCUT2D eigenvalue weighted by molar-refractivity contribution is 5.89. The van der Waals surface area contributed by atoms with Crippen LogP contribution in [0.4, 0.5) is 0 Å². The molecular formula is C19H24N2O3. The zero-order valence-electron chi connectivity index (χ0n) is 14.1. The van der Waals surface area contributed by atoms with Crippen LogP contribution < -0.4 is 10.1 Å². The van der Waals surface area contributed by atoms with Crippen molar-refractivity contribution in [3.63, 3.8) is 0 Å². The van der Waals surface area contributed by atoms with Crippen LogP contribution in [-0.4, -0.2) is 43.0 Å². The van der Waals surface area contributed by atoms with Gasteiger partial charge in [-0.15, -0.1) is 0 Å². The lowest BCUT2D eigenvalue weighted by molar-refractivity contribution is -0.137. The smallest absolute Gasteiger partial charge is 0.228 e. The molecule has 1 aromatic rings. The van der Waals surface area contributed by atoms with Gasteiger partial charge in [-0.2, -0.15) is 0 Å². The fourth-order valence-corrected chi connectivity index (χ4v) is 5.03. The van der Waals surface area contributed by atoms with E-state index in [1.165, 1.54) is 0 Å². The number of amides is 2. The zero-order chi connectivity index (χ0) is 16.7. The molecule has 5 nitrogen and oxygen atoms in total. The Morgan fingerprint density at radius 2 is 2.29 bits per heavy atom. The Balaban J connectivity index is 1.56. The van der Waals surface area contributed by atoms with Crippen LogP contribution in [0.15, 0.2) is 24.3 Å². The first-order valence-electron chi connectivity index (χ1n) is 8.86. The quantitative estimate of drug-likeness (QED) is 0.920. The normalized spacial score (nSPS) is 31.4. The molecule has 2 saturated heterocycles. The summed E-state index contributed by atoms with van der Waals surface area (Å²) < 4.78 is 5.24. The molecule has 2 amide bonds. The number of likely N-dealkylation sites (tertiary alicyclic amines) is 1. The molecule has 0 radical (unpaired) electrons. The van der Waals surface area contributed by atoms with E-state index in [0.29, 0.717) is 13.0 Å². The first-order chi connectivity index (χ1) is 11.6. The number of ether oxygens (including phenoxy) is 1. The van der Waals surface area contributed by atoms with E-state index in [4.69, 9.17) is 4.74 Å². The van der Waals surface area contributed by atoms with E-state index in [9.17, 15) is 9.59 Å². The highest BCUT2D eigenvalue weighted by atomic mass is 16.5. The number of benzene rings is 1. The lowest BCUT2D eigenvalue weighted by Gasteiger charge is -2.39. The predicted molar refractivity (Wildman–Crippen MR) is 89.6 cm³/mol. The number of nitrogens with one attached hydrogen (secondary N) is 1. The molecule has 3 atom stereocenters. The number of hydrogen-bond donors (Lipinski definition) is 1. The molecule has 3 aliphatic rings. The lowest BCUT2D eigenvalue weighted by Crippen LogP contribution is -2.50. The van der Waals surface area contributed by atoms with Crippen molar-refractivity contribution in [1.82, 2.24) is 10.2 Å². The fraction of sp³-hybridized carbons (Fsp3) is 0.579. The Morgan fingerprint density at radius 3 is 3.12 bits per heavy atom. The summed E-state index contributed by atoms with van der Waals surface area (Å²) in [6.45, 7) is 1.44. The molecule has 5 heteroatoms. The van der Waals surface area contributed by atoms with Gasteiger partial charge in [0, 0.05) is 25.0 Å². The van der Waals surface area contributed by atoms with Gasteiger partial charge in [-0.1, -0.05) is 25.0 Å². The fourth-order valence-electron chi connectivity index (χ4n) is 5.03. The first kappa shape index (κ1) is 15.5. The maximum Gasteiger partial charge on any atom is 0.228 e. The van der Waals surface area contributed by atoms with Gasteiger partial charge in [-0.3, -0.25) is 9.59 Å². The Labute approximate surface area is 142 Å². The molecule has 1 aliphatic carbocycles. The maximum atomic E-state index is 13.0. The molecule has 24 heavy (non-hydrogen) atoms. The summed E-state index contributed by atoms with van der Waals surface area (Å²) in [5.41, 5.74) is 0.646. The second-order valence-corrected chi connectivity index (χ2v) is 7.28. The maximum absolute atomic E-state index is 13.0. The largest absolute Gasteiger partial charge is 0.497 e. The van der Waals surface area contributed by atoms with Gasteiger partial charge in [-0.25, -0.2) is 0 Å². The molecule has 2 aliphatic heterocycles. The van der Waals surface area contributed by atoms with Crippen LogP contribution >= 0.6 is 0 Å². The molecule has 2 heterocycles. The number of carbonyl (C=O) groups is 2. The van der Waals surface area contributed by atoms with Gasteiger partial charge in [0.25, 0.3) is 0 Å². The first-order valence-corrected chi connectivity index (χ1v) is 8.86. The molecule has 3 fully saturated rings. The molecule has 0 aromatic heterocycles. The molecule has 0 bridgehead atoms. The third kappa shape index (κ3) is 2.21. The summed E-state index contributed by atoms with van der Waals surface area (Å²) in [5.74, 6) is 1.36. The Kier molecular flexibility index (Phi) is 3.74. The second-order valence-electron chi connectivity index (χ2n) is 7.28. The van der Waals surface area contributed by atoms with Crippen molar-refractivity contribution in [3.05, 3.63) is 29.8 Å². The summed E-state index contributed by atoms with van der Waals surface area (Å²) >= 11 is 0. The minimum absolute atomic E-state index is 0.0804. The van der Waals surface area contributed by atoms with E-state index in [1.807, 2.05) is 29.2 Å². The molecular weight excluding hydrogens is 304 g/mol. The lowest BCUT2D eigenvalue weighted by atomic mass is 9.67. The van der Waals surface area contributed by atoms with E-state index in [2.05, 4.69) is 5.32 Å². The summed E-state index contributed by atoms with van der Waals surface area (Å²) in [4.78, 5) is 27.5. The number of rotatable bonds is 3. The van der Waals surface area contributed by atoms with Crippen molar-refractivity contribution in [3.8, 4) is 5.75 Å². The molecule has 0 unspecified atom stereocenters. The number of methoxy groups -OCH3 is 1. The van der Waals surface area contributed by atoms with Crippen molar-refractivity contribution in [2.45, 2.75) is 38.1 Å². The Hall–Kier alpha value is -2.04. The van der Waals surface area contributed by atoms with Gasteiger partial charge in [0.05, 0.1) is 18.9 Å². The third-order valence-electron chi connectivity index (χ3n) is 6.18. The van der Waals surface area contributed by atoms with Crippen LogP contribution in [0, 0.1) is 11.3 Å². The average molecular weight is 328 g/mol. The van der Waals surface area contributed by atoms with Crippen LogP contribution in [0.2, 0.25) is 0 Å². The van der Waals surface area contributed by atoms with Crippen LogP contribution in [0.3, 0.4) is 0 Å². The number of nitrogens with zero attached hydrogens (tertiary/aromatic N) is 1. The Bertz CT molecular complexity index is 674. The molecule has 1 spiro atoms. The second kappa shape index (κ2) is 5.80. The summed E-state index contributed by atoms with van der Waals surface area (Å²) in [5, 5.41) is 3.04. The van der Waals surface area contributed by atoms with Crippen LogP contribution in [0.1, 0.15) is 31.2 Å². The summed E-state index contributed by atoms with van der Waals surface area (Å²) in [7, 11) is 1.63. The number of hydrogen-bond acceptors (Lipinski definition) is 3. The topological polar surface area (TPSA) is 58.6 Å². The van der Waals surface area contributed by atoms with Gasteiger partial charge in [0.2, 0.25) is 11.8 Å². The number of carbonyl (C=O) groups excluding carboxylic acids is 2. The van der Waals surface area contributed by atoms with E-state index < -0.39 is 0 Å². The molecule has 128 valence electrons. The highest BCUT2D eigenvalue weighted by Gasteiger charge is 2.62. The van der Waals surface area contributed by atoms with Gasteiger partial charge in [-0.05, 0) is 30.5 Å². The SMILES string of the molecule is COc1cccc(CC(=O)N2C[C@H]3CNC(=O)[C@]34CCCC[C@@H]24)c1. The van der Waals surface area contributed by atoms with Crippen molar-refractivity contribution in [1.29, 1.82) is 0 Å². The van der Waals surface area contributed by atoms with Crippen LogP contribution in [0.5, 0.6) is 5.75 Å². The predicted octanol–water partition coefficient (Wildman–Crippen LogP) is 1.75. The Morgan fingerprint density at radius 1 is 1.42 bits per heavy atom. The van der Waals surface area contributed by atoms with Crippen LogP contribution in [-0.2, 0) is 16.0 Å². The molecule has 1 aromatic carbocycles. The van der Waals surface area contributed by atoms with Crippen molar-refractivity contribution in [2.24, 2.45) is 11.3 Å². The third-order valence-corrected chi connectivity index (χ3v) is 6.18. The molecule has 4 rings (SSSR count). The minimum atomic E-state index is -0.317. The van der Waals surface area contributed by atoms with Gasteiger partial charge in [0.1, 0.15) is 5.75 Å². The zero-order valence-corrected chi connectivity index (χ0v) is 14.1. The standard InChI is InChI=1S/C19H24N2O3/c1-24-15-6-4-5-13(9-15)10-17(22)21-12-14-11-20-18(23)19(14)8-3-2-7-16(19)21/h4-6,9,14,16H,2-3,7-8,10-12H2,1H3,(H,20,23)/t14-,16-,19-/m1/s1. The van der Waals surface area contributed by atoms with E-state index in [1.54, 1.807) is 7.11 Å². The van der Waals surface area contributed by atoms with Gasteiger partial charge >= 0.3 is 0 Å². The summed E-state index contributed by atoms with van der Waals surface area (Å²) in [6.07, 6.45) is 4.46. The van der Waals surface area contributed by atoms with E-state index in [0.717, 1.165) is 43.5 Å².